The minimum absolute atomic E-state index is 0.724. The first-order valence-corrected chi connectivity index (χ1v) is 6.78. The lowest BCUT2D eigenvalue weighted by Gasteiger charge is -2.13. The SMILES string of the molecule is CCCC(C)CNc1ccc(Cl)cc1I. The second-order valence-corrected chi connectivity index (χ2v) is 5.50. The zero-order valence-electron chi connectivity index (χ0n) is 9.19. The van der Waals surface area contributed by atoms with Crippen LogP contribution < -0.4 is 5.32 Å². The number of nitrogens with one attached hydrogen (secondary N) is 1. The highest BCUT2D eigenvalue weighted by atomic mass is 127. The van der Waals surface area contributed by atoms with Gasteiger partial charge in [-0.15, -0.1) is 0 Å². The third kappa shape index (κ3) is 4.60. The molecule has 3 heteroatoms. The molecule has 0 aliphatic rings. The molecular weight excluding hydrogens is 320 g/mol. The summed E-state index contributed by atoms with van der Waals surface area (Å²) in [6.07, 6.45) is 2.53. The van der Waals surface area contributed by atoms with Crippen molar-refractivity contribution in [1.82, 2.24) is 0 Å². The highest BCUT2D eigenvalue weighted by Crippen LogP contribution is 2.22. The van der Waals surface area contributed by atoms with Crippen LogP contribution >= 0.6 is 34.2 Å². The Labute approximate surface area is 111 Å². The predicted octanol–water partition coefficient (Wildman–Crippen LogP) is 4.79. The van der Waals surface area contributed by atoms with Crippen LogP contribution in [-0.4, -0.2) is 6.54 Å². The first-order valence-electron chi connectivity index (χ1n) is 5.32. The molecule has 0 aliphatic carbocycles. The number of halogens is 2. The zero-order chi connectivity index (χ0) is 11.3. The van der Waals surface area contributed by atoms with Crippen LogP contribution in [0.4, 0.5) is 5.69 Å². The predicted molar refractivity (Wildman–Crippen MR) is 76.7 cm³/mol. The summed E-state index contributed by atoms with van der Waals surface area (Å²) in [7, 11) is 0. The van der Waals surface area contributed by atoms with Crippen molar-refractivity contribution >= 4 is 39.9 Å². The van der Waals surface area contributed by atoms with E-state index < -0.39 is 0 Å². The summed E-state index contributed by atoms with van der Waals surface area (Å²) in [5.41, 5.74) is 1.18. The molecule has 0 aromatic heterocycles. The number of rotatable bonds is 5. The molecule has 1 nitrogen and oxygen atoms in total. The standard InChI is InChI=1S/C12H17ClIN/c1-3-4-9(2)8-15-12-6-5-10(13)7-11(12)14/h5-7,9,15H,3-4,8H2,1-2H3. The lowest BCUT2D eigenvalue weighted by Crippen LogP contribution is -2.11. The van der Waals surface area contributed by atoms with E-state index in [1.807, 2.05) is 18.2 Å². The minimum Gasteiger partial charge on any atom is -0.384 e. The Balaban J connectivity index is 2.50. The highest BCUT2D eigenvalue weighted by Gasteiger charge is 2.03. The lowest BCUT2D eigenvalue weighted by molar-refractivity contribution is 0.550. The van der Waals surface area contributed by atoms with Gasteiger partial charge in [0.25, 0.3) is 0 Å². The molecule has 0 fully saturated rings. The molecule has 15 heavy (non-hydrogen) atoms. The van der Waals surface area contributed by atoms with Gasteiger partial charge in [-0.25, -0.2) is 0 Å². The van der Waals surface area contributed by atoms with Crippen LogP contribution in [0.1, 0.15) is 26.7 Å². The fraction of sp³-hybridized carbons (Fsp3) is 0.500. The number of hydrogen-bond acceptors (Lipinski definition) is 1. The van der Waals surface area contributed by atoms with Crippen LogP contribution in [0.5, 0.6) is 0 Å². The van der Waals surface area contributed by atoms with Crippen molar-refractivity contribution in [3.05, 3.63) is 26.8 Å². The van der Waals surface area contributed by atoms with E-state index in [2.05, 4.69) is 41.8 Å². The van der Waals surface area contributed by atoms with Crippen molar-refractivity contribution in [1.29, 1.82) is 0 Å². The van der Waals surface area contributed by atoms with Gasteiger partial charge in [0.05, 0.1) is 0 Å². The quantitative estimate of drug-likeness (QED) is 0.762. The number of hydrogen-bond donors (Lipinski definition) is 1. The summed E-state index contributed by atoms with van der Waals surface area (Å²) in [6, 6.07) is 5.95. The Morgan fingerprint density at radius 2 is 2.20 bits per heavy atom. The molecule has 0 amide bonds. The Kier molecular flexibility index (Phi) is 5.75. The smallest absolute Gasteiger partial charge is 0.0477 e. The Bertz CT molecular complexity index is 314. The third-order valence-electron chi connectivity index (χ3n) is 2.35. The Morgan fingerprint density at radius 1 is 1.47 bits per heavy atom. The maximum atomic E-state index is 5.90. The molecule has 1 atom stereocenters. The summed E-state index contributed by atoms with van der Waals surface area (Å²) in [5.74, 6) is 0.724. The van der Waals surface area contributed by atoms with E-state index in [0.29, 0.717) is 0 Å². The van der Waals surface area contributed by atoms with Crippen molar-refractivity contribution in [2.24, 2.45) is 5.92 Å². The monoisotopic (exact) mass is 337 g/mol. The van der Waals surface area contributed by atoms with Crippen LogP contribution in [0.2, 0.25) is 5.02 Å². The van der Waals surface area contributed by atoms with Crippen LogP contribution in [-0.2, 0) is 0 Å². The molecule has 0 radical (unpaired) electrons. The largest absolute Gasteiger partial charge is 0.384 e. The van der Waals surface area contributed by atoms with Gasteiger partial charge in [-0.3, -0.25) is 0 Å². The molecule has 1 rings (SSSR count). The minimum atomic E-state index is 0.724. The fourth-order valence-corrected chi connectivity index (χ4v) is 2.57. The number of benzene rings is 1. The van der Waals surface area contributed by atoms with Crippen LogP contribution in [0, 0.1) is 9.49 Å². The van der Waals surface area contributed by atoms with Crippen LogP contribution in [0.15, 0.2) is 18.2 Å². The number of anilines is 1. The van der Waals surface area contributed by atoms with Crippen molar-refractivity contribution in [3.8, 4) is 0 Å². The maximum Gasteiger partial charge on any atom is 0.0477 e. The fourth-order valence-electron chi connectivity index (χ4n) is 1.51. The molecule has 1 unspecified atom stereocenters. The van der Waals surface area contributed by atoms with Crippen molar-refractivity contribution in [3.63, 3.8) is 0 Å². The molecule has 1 aromatic rings. The molecular formula is C12H17ClIN. The van der Waals surface area contributed by atoms with Gasteiger partial charge >= 0.3 is 0 Å². The zero-order valence-corrected chi connectivity index (χ0v) is 12.1. The Morgan fingerprint density at radius 3 is 2.80 bits per heavy atom. The molecule has 0 heterocycles. The Hall–Kier alpha value is 0.0400. The summed E-state index contributed by atoms with van der Waals surface area (Å²) in [6.45, 7) is 5.54. The van der Waals surface area contributed by atoms with Crippen molar-refractivity contribution < 1.29 is 0 Å². The molecule has 1 aromatic carbocycles. The highest BCUT2D eigenvalue weighted by molar-refractivity contribution is 14.1. The van der Waals surface area contributed by atoms with E-state index in [1.165, 1.54) is 22.1 Å². The van der Waals surface area contributed by atoms with Gasteiger partial charge in [0.15, 0.2) is 0 Å². The van der Waals surface area contributed by atoms with Gasteiger partial charge in [-0.05, 0) is 53.1 Å². The molecule has 0 saturated carbocycles. The summed E-state index contributed by atoms with van der Waals surface area (Å²) >= 11 is 8.20. The van der Waals surface area contributed by atoms with Crippen LogP contribution in [0.25, 0.3) is 0 Å². The van der Waals surface area contributed by atoms with E-state index in [1.54, 1.807) is 0 Å². The van der Waals surface area contributed by atoms with Crippen molar-refractivity contribution in [2.45, 2.75) is 26.7 Å². The molecule has 0 bridgehead atoms. The molecule has 0 aliphatic heterocycles. The first kappa shape index (κ1) is 13.1. The van der Waals surface area contributed by atoms with E-state index >= 15 is 0 Å². The third-order valence-corrected chi connectivity index (χ3v) is 3.48. The maximum absolute atomic E-state index is 5.90. The van der Waals surface area contributed by atoms with Gasteiger partial charge in [0.1, 0.15) is 0 Å². The van der Waals surface area contributed by atoms with Gasteiger partial charge in [0.2, 0.25) is 0 Å². The van der Waals surface area contributed by atoms with Gasteiger partial charge < -0.3 is 5.32 Å². The van der Waals surface area contributed by atoms with Gasteiger partial charge in [0, 0.05) is 20.8 Å². The molecule has 1 N–H and O–H groups in total. The summed E-state index contributed by atoms with van der Waals surface area (Å²) in [5, 5.41) is 4.26. The van der Waals surface area contributed by atoms with Gasteiger partial charge in [-0.1, -0.05) is 31.9 Å². The summed E-state index contributed by atoms with van der Waals surface area (Å²) in [4.78, 5) is 0. The second-order valence-electron chi connectivity index (χ2n) is 3.90. The van der Waals surface area contributed by atoms with Crippen molar-refractivity contribution in [2.75, 3.05) is 11.9 Å². The second kappa shape index (κ2) is 6.59. The van der Waals surface area contributed by atoms with E-state index in [0.717, 1.165) is 17.5 Å². The molecule has 0 saturated heterocycles. The molecule has 84 valence electrons. The normalized spacial score (nSPS) is 12.5. The van der Waals surface area contributed by atoms with Gasteiger partial charge in [-0.2, -0.15) is 0 Å². The first-order chi connectivity index (χ1) is 7.13. The van der Waals surface area contributed by atoms with E-state index in [9.17, 15) is 0 Å². The van der Waals surface area contributed by atoms with Crippen LogP contribution in [0.3, 0.4) is 0 Å². The van der Waals surface area contributed by atoms with E-state index in [4.69, 9.17) is 11.6 Å². The summed E-state index contributed by atoms with van der Waals surface area (Å²) < 4.78 is 1.18. The average Bonchev–Trinajstić information content (AvgIpc) is 2.17. The molecule has 0 spiro atoms. The topological polar surface area (TPSA) is 12.0 Å². The average molecular weight is 338 g/mol. The van der Waals surface area contributed by atoms with E-state index in [-0.39, 0.29) is 0 Å². The lowest BCUT2D eigenvalue weighted by atomic mass is 10.1.